The zero-order valence-electron chi connectivity index (χ0n) is 20.5. The number of halogens is 4. The lowest BCUT2D eigenvalue weighted by atomic mass is 10.1. The quantitative estimate of drug-likeness (QED) is 0.106. The SMILES string of the molecule is Cc1cc(Br)cc(C)c1NC(=S)N/N=C/c1ccc2c(ccc3c2ncn3C2=C=C=C(OC(F)(F)F)C=C2)c1. The van der Waals surface area contributed by atoms with Gasteiger partial charge in [-0.15, -0.1) is 13.2 Å². The number of hydrogen-bond acceptors (Lipinski definition) is 4. The molecule has 1 aromatic heterocycles. The van der Waals surface area contributed by atoms with E-state index < -0.39 is 12.1 Å². The standard InChI is InChI=1S/C28H19BrF3N5OS/c1-16-11-20(29)12-17(2)25(16)35-27(39)36-34-14-18-3-9-23-19(13-18)4-10-24-26(23)33-15-37(24)21-5-7-22(8-6-21)38-28(30,31)32/h3-5,7,9-15H,1-2H3,(H2,35,36,39)/b34-14+. The molecular weight excluding hydrogens is 591 g/mol. The van der Waals surface area contributed by atoms with Crippen LogP contribution in [-0.4, -0.2) is 27.2 Å². The molecule has 0 saturated carbocycles. The molecule has 1 aliphatic carbocycles. The zero-order chi connectivity index (χ0) is 27.7. The highest BCUT2D eigenvalue weighted by atomic mass is 79.9. The van der Waals surface area contributed by atoms with Gasteiger partial charge >= 0.3 is 6.36 Å². The Morgan fingerprint density at radius 1 is 1.10 bits per heavy atom. The molecule has 0 spiro atoms. The monoisotopic (exact) mass is 609 g/mol. The minimum Gasteiger partial charge on any atom is -0.397 e. The lowest BCUT2D eigenvalue weighted by Gasteiger charge is -2.13. The number of aryl methyl sites for hydroxylation is 2. The Morgan fingerprint density at radius 3 is 2.56 bits per heavy atom. The first-order valence-corrected chi connectivity index (χ1v) is 12.7. The third-order valence-corrected chi connectivity index (χ3v) is 6.51. The van der Waals surface area contributed by atoms with E-state index in [-0.39, 0.29) is 0 Å². The van der Waals surface area contributed by atoms with Crippen LogP contribution in [0.15, 0.2) is 87.7 Å². The summed E-state index contributed by atoms with van der Waals surface area (Å²) in [6.07, 6.45) is 1.14. The predicted octanol–water partition coefficient (Wildman–Crippen LogP) is 7.47. The Bertz CT molecular complexity index is 1790. The summed E-state index contributed by atoms with van der Waals surface area (Å²) in [5.74, 6) is -0.458. The fourth-order valence-electron chi connectivity index (χ4n) is 4.20. The fourth-order valence-corrected chi connectivity index (χ4v) is 5.05. The number of rotatable bonds is 5. The smallest absolute Gasteiger partial charge is 0.397 e. The van der Waals surface area contributed by atoms with Gasteiger partial charge in [-0.1, -0.05) is 34.1 Å². The van der Waals surface area contributed by atoms with Gasteiger partial charge in [0.05, 0.1) is 22.9 Å². The maximum Gasteiger partial charge on any atom is 0.573 e. The summed E-state index contributed by atoms with van der Waals surface area (Å²) in [5.41, 5.74) is 13.8. The van der Waals surface area contributed by atoms with Gasteiger partial charge in [-0.25, -0.2) is 4.98 Å². The normalized spacial score (nSPS) is 13.2. The second-order valence-electron chi connectivity index (χ2n) is 8.65. The molecule has 0 atom stereocenters. The van der Waals surface area contributed by atoms with E-state index in [0.717, 1.165) is 48.7 Å². The Kier molecular flexibility index (Phi) is 7.16. The molecule has 0 radical (unpaired) electrons. The zero-order valence-corrected chi connectivity index (χ0v) is 22.9. The van der Waals surface area contributed by atoms with Crippen LogP contribution in [0.4, 0.5) is 18.9 Å². The summed E-state index contributed by atoms with van der Waals surface area (Å²) in [6, 6.07) is 13.7. The van der Waals surface area contributed by atoms with Crippen molar-refractivity contribution in [2.75, 3.05) is 5.32 Å². The molecule has 0 bridgehead atoms. The molecule has 0 unspecified atom stereocenters. The topological polar surface area (TPSA) is 63.5 Å². The molecule has 0 amide bonds. The van der Waals surface area contributed by atoms with Gasteiger partial charge in [-0.2, -0.15) is 5.10 Å². The molecule has 39 heavy (non-hydrogen) atoms. The minimum absolute atomic E-state index is 0.375. The van der Waals surface area contributed by atoms with Crippen molar-refractivity contribution in [1.82, 2.24) is 15.0 Å². The molecule has 11 heteroatoms. The summed E-state index contributed by atoms with van der Waals surface area (Å²) >= 11 is 8.88. The van der Waals surface area contributed by atoms with E-state index in [0.29, 0.717) is 10.8 Å². The van der Waals surface area contributed by atoms with Crippen molar-refractivity contribution in [3.8, 4) is 0 Å². The van der Waals surface area contributed by atoms with Gasteiger partial charge in [-0.05, 0) is 96.0 Å². The van der Waals surface area contributed by atoms with Gasteiger partial charge in [0.15, 0.2) is 10.9 Å². The third kappa shape index (κ3) is 5.97. The molecule has 0 aliphatic heterocycles. The molecule has 0 fully saturated rings. The highest BCUT2D eigenvalue weighted by molar-refractivity contribution is 9.10. The van der Waals surface area contributed by atoms with Crippen molar-refractivity contribution >= 4 is 72.7 Å². The summed E-state index contributed by atoms with van der Waals surface area (Å²) < 4.78 is 43.9. The first-order chi connectivity index (χ1) is 18.6. The first-order valence-electron chi connectivity index (χ1n) is 11.5. The van der Waals surface area contributed by atoms with Crippen molar-refractivity contribution in [3.05, 3.63) is 99.3 Å². The Morgan fingerprint density at radius 2 is 1.87 bits per heavy atom. The molecule has 4 aromatic rings. The lowest BCUT2D eigenvalue weighted by Crippen LogP contribution is -2.24. The average molecular weight is 610 g/mol. The number of imidazole rings is 1. The van der Waals surface area contributed by atoms with Crippen LogP contribution in [0.3, 0.4) is 0 Å². The number of thiocarbonyl (C=S) groups is 1. The van der Waals surface area contributed by atoms with Crippen molar-refractivity contribution in [2.24, 2.45) is 5.10 Å². The number of allylic oxidation sites excluding steroid dienone is 3. The van der Waals surface area contributed by atoms with Crippen molar-refractivity contribution in [1.29, 1.82) is 0 Å². The van der Waals surface area contributed by atoms with Crippen LogP contribution in [0.1, 0.15) is 16.7 Å². The number of hydrogen-bond donors (Lipinski definition) is 2. The van der Waals surface area contributed by atoms with Gasteiger partial charge in [0.2, 0.25) is 0 Å². The fraction of sp³-hybridized carbons (Fsp3) is 0.107. The summed E-state index contributed by atoms with van der Waals surface area (Å²) in [6.45, 7) is 4.00. The predicted molar refractivity (Wildman–Crippen MR) is 154 cm³/mol. The number of anilines is 1. The molecular formula is C28H19BrF3N5OS. The van der Waals surface area contributed by atoms with Crippen molar-refractivity contribution in [2.45, 2.75) is 20.2 Å². The average Bonchev–Trinajstić information content (AvgIpc) is 3.30. The second-order valence-corrected chi connectivity index (χ2v) is 9.97. The van der Waals surface area contributed by atoms with Gasteiger partial charge in [0, 0.05) is 15.5 Å². The van der Waals surface area contributed by atoms with E-state index in [4.69, 9.17) is 12.2 Å². The summed E-state index contributed by atoms with van der Waals surface area (Å²) in [5, 5.41) is 9.68. The van der Waals surface area contributed by atoms with E-state index in [1.807, 2.05) is 56.3 Å². The van der Waals surface area contributed by atoms with Crippen LogP contribution in [0.5, 0.6) is 0 Å². The molecule has 1 aliphatic rings. The number of nitrogens with zero attached hydrogens (tertiary/aromatic N) is 3. The summed E-state index contributed by atoms with van der Waals surface area (Å²) in [4.78, 5) is 4.52. The van der Waals surface area contributed by atoms with Crippen molar-refractivity contribution in [3.63, 3.8) is 0 Å². The number of benzene rings is 3. The van der Waals surface area contributed by atoms with Crippen LogP contribution < -0.4 is 10.7 Å². The van der Waals surface area contributed by atoms with E-state index in [1.54, 1.807) is 17.1 Å². The molecule has 2 N–H and O–H groups in total. The number of hydrazone groups is 1. The maximum absolute atomic E-state index is 12.4. The Hall–Kier alpha value is -4.14. The number of aromatic nitrogens is 2. The number of nitrogens with one attached hydrogen (secondary N) is 2. The van der Waals surface area contributed by atoms with E-state index >= 15 is 0 Å². The molecule has 0 saturated heterocycles. The van der Waals surface area contributed by atoms with E-state index in [9.17, 15) is 13.2 Å². The maximum atomic E-state index is 12.4. The largest absolute Gasteiger partial charge is 0.573 e. The number of fused-ring (bicyclic) bond motifs is 3. The summed E-state index contributed by atoms with van der Waals surface area (Å²) in [7, 11) is 0. The lowest BCUT2D eigenvalue weighted by molar-refractivity contribution is -0.303. The van der Waals surface area contributed by atoms with Gasteiger partial charge in [0.25, 0.3) is 0 Å². The third-order valence-electron chi connectivity index (χ3n) is 5.86. The second kappa shape index (κ2) is 10.6. The van der Waals surface area contributed by atoms with E-state index in [1.165, 1.54) is 12.2 Å². The van der Waals surface area contributed by atoms with Gasteiger partial charge in [-0.3, -0.25) is 9.99 Å². The Balaban J connectivity index is 1.34. The molecule has 196 valence electrons. The van der Waals surface area contributed by atoms with Gasteiger partial charge < -0.3 is 10.1 Å². The highest BCUT2D eigenvalue weighted by Gasteiger charge is 2.31. The molecule has 1 heterocycles. The number of alkyl halides is 3. The first kappa shape index (κ1) is 26.5. The molecule has 5 rings (SSSR count). The highest BCUT2D eigenvalue weighted by Crippen LogP contribution is 2.29. The van der Waals surface area contributed by atoms with Crippen LogP contribution in [0, 0.1) is 13.8 Å². The van der Waals surface area contributed by atoms with Crippen LogP contribution in [-0.2, 0) is 4.74 Å². The van der Waals surface area contributed by atoms with Crippen LogP contribution in [0.2, 0.25) is 0 Å². The van der Waals surface area contributed by atoms with Crippen molar-refractivity contribution < 1.29 is 17.9 Å². The Labute approximate surface area is 235 Å². The van der Waals surface area contributed by atoms with E-state index in [2.05, 4.69) is 53.0 Å². The molecule has 3 aromatic carbocycles. The molecule has 6 nitrogen and oxygen atoms in total. The van der Waals surface area contributed by atoms with Crippen LogP contribution in [0.25, 0.3) is 27.5 Å². The van der Waals surface area contributed by atoms with Crippen LogP contribution >= 0.6 is 28.1 Å². The van der Waals surface area contributed by atoms with Gasteiger partial charge in [0.1, 0.15) is 6.33 Å². The minimum atomic E-state index is -4.78. The number of ether oxygens (including phenoxy) is 1.